The molecule has 0 bridgehead atoms. The summed E-state index contributed by atoms with van der Waals surface area (Å²) in [6.07, 6.45) is 0.489. The van der Waals surface area contributed by atoms with E-state index >= 15 is 0 Å². The van der Waals surface area contributed by atoms with Crippen LogP contribution in [0.3, 0.4) is 0 Å². The van der Waals surface area contributed by atoms with Crippen LogP contribution in [0.1, 0.15) is 6.42 Å². The summed E-state index contributed by atoms with van der Waals surface area (Å²) in [5, 5.41) is 0. The molecule has 5 nitrogen and oxygen atoms in total. The first-order chi connectivity index (χ1) is 8.52. The number of amides is 1. The maximum Gasteiger partial charge on any atom is 0.226 e. The molecule has 0 N–H and O–H groups in total. The maximum absolute atomic E-state index is 12.2. The van der Waals surface area contributed by atoms with Crippen molar-refractivity contribution in [3.63, 3.8) is 0 Å². The van der Waals surface area contributed by atoms with Crippen molar-refractivity contribution in [1.82, 2.24) is 9.80 Å². The summed E-state index contributed by atoms with van der Waals surface area (Å²) in [6, 6.07) is 0. The van der Waals surface area contributed by atoms with Gasteiger partial charge in [-0.05, 0) is 6.42 Å². The fraction of sp³-hybridized carbons (Fsp3) is 0.909. The molecule has 0 spiro atoms. The van der Waals surface area contributed by atoms with Crippen LogP contribution in [-0.4, -0.2) is 74.2 Å². The van der Waals surface area contributed by atoms with Crippen LogP contribution >= 0.6 is 11.6 Å². The first kappa shape index (κ1) is 14.1. The third-order valence-corrected chi connectivity index (χ3v) is 5.60. The SMILES string of the molecule is O=C(C1CCS(=O)(=O)C1)N1CCN(CCCl)CC1. The van der Waals surface area contributed by atoms with Crippen LogP contribution in [-0.2, 0) is 14.6 Å². The molecule has 1 atom stereocenters. The molecular weight excluding hydrogens is 276 g/mol. The van der Waals surface area contributed by atoms with Crippen LogP contribution < -0.4 is 0 Å². The zero-order valence-electron chi connectivity index (χ0n) is 10.3. The van der Waals surface area contributed by atoms with Crippen LogP contribution in [0.4, 0.5) is 0 Å². The summed E-state index contributed by atoms with van der Waals surface area (Å²) in [5.74, 6) is 0.509. The van der Waals surface area contributed by atoms with E-state index in [0.29, 0.717) is 25.4 Å². The predicted molar refractivity (Wildman–Crippen MR) is 70.5 cm³/mol. The van der Waals surface area contributed by atoms with E-state index in [9.17, 15) is 13.2 Å². The smallest absolute Gasteiger partial charge is 0.226 e. The highest BCUT2D eigenvalue weighted by atomic mass is 35.5. The molecule has 2 fully saturated rings. The number of carbonyl (C=O) groups excluding carboxylic acids is 1. The number of piperazine rings is 1. The van der Waals surface area contributed by atoms with Gasteiger partial charge in [0.25, 0.3) is 0 Å². The van der Waals surface area contributed by atoms with Crippen molar-refractivity contribution in [2.75, 3.05) is 50.1 Å². The van der Waals surface area contributed by atoms with Crippen molar-refractivity contribution in [3.8, 4) is 0 Å². The highest BCUT2D eigenvalue weighted by molar-refractivity contribution is 7.91. The van der Waals surface area contributed by atoms with E-state index in [4.69, 9.17) is 11.6 Å². The summed E-state index contributed by atoms with van der Waals surface area (Å²) in [7, 11) is -2.97. The molecule has 2 saturated heterocycles. The second-order valence-corrected chi connectivity index (χ2v) is 7.56. The quantitative estimate of drug-likeness (QED) is 0.677. The fourth-order valence-electron chi connectivity index (χ4n) is 2.56. The molecule has 0 radical (unpaired) electrons. The predicted octanol–water partition coefficient (Wildman–Crippen LogP) is -0.196. The summed E-state index contributed by atoms with van der Waals surface area (Å²) < 4.78 is 22.7. The molecule has 2 rings (SSSR count). The molecule has 18 heavy (non-hydrogen) atoms. The molecule has 7 heteroatoms. The molecule has 0 aromatic rings. The van der Waals surface area contributed by atoms with E-state index in [0.717, 1.165) is 19.6 Å². The monoisotopic (exact) mass is 294 g/mol. The van der Waals surface area contributed by atoms with Gasteiger partial charge in [-0.25, -0.2) is 8.42 Å². The number of alkyl halides is 1. The van der Waals surface area contributed by atoms with Crippen LogP contribution in [0, 0.1) is 5.92 Å². The van der Waals surface area contributed by atoms with Gasteiger partial charge < -0.3 is 4.90 Å². The Labute approximate surface area is 113 Å². The lowest BCUT2D eigenvalue weighted by molar-refractivity contribution is -0.136. The van der Waals surface area contributed by atoms with E-state index in [1.165, 1.54) is 0 Å². The van der Waals surface area contributed by atoms with Gasteiger partial charge in [-0.3, -0.25) is 9.69 Å². The van der Waals surface area contributed by atoms with Crippen molar-refractivity contribution in [2.45, 2.75) is 6.42 Å². The lowest BCUT2D eigenvalue weighted by atomic mass is 10.1. The summed E-state index contributed by atoms with van der Waals surface area (Å²) in [4.78, 5) is 16.2. The normalized spacial score (nSPS) is 28.5. The molecule has 1 amide bonds. The van der Waals surface area contributed by atoms with Crippen molar-refractivity contribution in [2.24, 2.45) is 5.92 Å². The molecule has 2 heterocycles. The Morgan fingerprint density at radius 2 is 1.89 bits per heavy atom. The van der Waals surface area contributed by atoms with Crippen molar-refractivity contribution in [1.29, 1.82) is 0 Å². The second kappa shape index (κ2) is 5.75. The van der Waals surface area contributed by atoms with E-state index in [1.54, 1.807) is 4.90 Å². The number of carbonyl (C=O) groups is 1. The number of sulfone groups is 1. The van der Waals surface area contributed by atoms with Crippen LogP contribution in [0.2, 0.25) is 0 Å². The van der Waals surface area contributed by atoms with Gasteiger partial charge in [-0.2, -0.15) is 0 Å². The Kier molecular flexibility index (Phi) is 4.50. The van der Waals surface area contributed by atoms with E-state index < -0.39 is 9.84 Å². The van der Waals surface area contributed by atoms with Crippen molar-refractivity contribution >= 4 is 27.3 Å². The van der Waals surface area contributed by atoms with Crippen molar-refractivity contribution in [3.05, 3.63) is 0 Å². The number of halogens is 1. The standard InChI is InChI=1S/C11H19ClN2O3S/c12-2-3-13-4-6-14(7-5-13)11(15)10-1-8-18(16,17)9-10/h10H,1-9H2. The van der Waals surface area contributed by atoms with E-state index in [1.807, 2.05) is 0 Å². The topological polar surface area (TPSA) is 57.7 Å². The van der Waals surface area contributed by atoms with Gasteiger partial charge in [0.1, 0.15) is 0 Å². The highest BCUT2D eigenvalue weighted by Crippen LogP contribution is 2.21. The maximum atomic E-state index is 12.2. The molecule has 0 aromatic heterocycles. The number of nitrogens with zero attached hydrogens (tertiary/aromatic N) is 2. The Hall–Kier alpha value is -0.330. The largest absolute Gasteiger partial charge is 0.340 e. The first-order valence-electron chi connectivity index (χ1n) is 6.29. The highest BCUT2D eigenvalue weighted by Gasteiger charge is 2.36. The minimum atomic E-state index is -2.97. The molecular formula is C11H19ClN2O3S. The molecule has 0 saturated carbocycles. The lowest BCUT2D eigenvalue weighted by Gasteiger charge is -2.35. The molecule has 0 aromatic carbocycles. The molecule has 1 unspecified atom stereocenters. The van der Waals surface area contributed by atoms with Gasteiger partial charge in [-0.1, -0.05) is 0 Å². The Morgan fingerprint density at radius 1 is 1.22 bits per heavy atom. The van der Waals surface area contributed by atoms with Crippen LogP contribution in [0.5, 0.6) is 0 Å². The Morgan fingerprint density at radius 3 is 2.39 bits per heavy atom. The molecule has 2 aliphatic rings. The Balaban J connectivity index is 1.85. The average molecular weight is 295 g/mol. The van der Waals surface area contributed by atoms with Crippen LogP contribution in [0.15, 0.2) is 0 Å². The summed E-state index contributed by atoms with van der Waals surface area (Å²) in [6.45, 7) is 3.88. The van der Waals surface area contributed by atoms with Gasteiger partial charge in [-0.15, -0.1) is 11.6 Å². The number of hydrogen-bond acceptors (Lipinski definition) is 4. The lowest BCUT2D eigenvalue weighted by Crippen LogP contribution is -2.50. The second-order valence-electron chi connectivity index (χ2n) is 4.96. The van der Waals surface area contributed by atoms with E-state index in [-0.39, 0.29) is 23.3 Å². The molecule has 0 aliphatic carbocycles. The van der Waals surface area contributed by atoms with Gasteiger partial charge in [0, 0.05) is 38.6 Å². The third-order valence-electron chi connectivity index (χ3n) is 3.67. The third kappa shape index (κ3) is 3.36. The van der Waals surface area contributed by atoms with E-state index in [2.05, 4.69) is 4.90 Å². The molecule has 2 aliphatic heterocycles. The van der Waals surface area contributed by atoms with Gasteiger partial charge in [0.05, 0.1) is 17.4 Å². The summed E-state index contributed by atoms with van der Waals surface area (Å²) >= 11 is 5.68. The minimum absolute atomic E-state index is 0.0154. The molecule has 104 valence electrons. The summed E-state index contributed by atoms with van der Waals surface area (Å²) in [5.41, 5.74) is 0. The van der Waals surface area contributed by atoms with Crippen molar-refractivity contribution < 1.29 is 13.2 Å². The Bertz CT molecular complexity index is 405. The first-order valence-corrected chi connectivity index (χ1v) is 8.65. The minimum Gasteiger partial charge on any atom is -0.340 e. The number of hydrogen-bond donors (Lipinski definition) is 0. The van der Waals surface area contributed by atoms with Crippen LogP contribution in [0.25, 0.3) is 0 Å². The average Bonchev–Trinajstić information content (AvgIpc) is 2.70. The fourth-order valence-corrected chi connectivity index (χ4v) is 4.53. The number of rotatable bonds is 3. The zero-order chi connectivity index (χ0) is 13.2. The van der Waals surface area contributed by atoms with Gasteiger partial charge in [0.15, 0.2) is 9.84 Å². The van der Waals surface area contributed by atoms with Gasteiger partial charge in [0.2, 0.25) is 5.91 Å². The van der Waals surface area contributed by atoms with Gasteiger partial charge >= 0.3 is 0 Å². The zero-order valence-corrected chi connectivity index (χ0v) is 11.9.